The number of rotatable bonds is 6. The zero-order valence-corrected chi connectivity index (χ0v) is 9.50. The van der Waals surface area contributed by atoms with Gasteiger partial charge in [-0.2, -0.15) is 0 Å². The summed E-state index contributed by atoms with van der Waals surface area (Å²) in [6.07, 6.45) is 0. The SMILES string of the molecule is CC(C)NCC(=O)NC(C)C(C)CO. The minimum Gasteiger partial charge on any atom is -0.396 e. The molecule has 0 aliphatic heterocycles. The molecule has 1 amide bonds. The maximum Gasteiger partial charge on any atom is 0.234 e. The summed E-state index contributed by atoms with van der Waals surface area (Å²) in [4.78, 5) is 11.3. The number of amides is 1. The van der Waals surface area contributed by atoms with E-state index in [0.717, 1.165) is 0 Å². The van der Waals surface area contributed by atoms with Gasteiger partial charge in [-0.3, -0.25) is 4.79 Å². The Morgan fingerprint density at radius 3 is 2.29 bits per heavy atom. The molecule has 0 aliphatic carbocycles. The number of carbonyl (C=O) groups excluding carboxylic acids is 1. The van der Waals surface area contributed by atoms with Gasteiger partial charge in [-0.1, -0.05) is 20.8 Å². The highest BCUT2D eigenvalue weighted by Gasteiger charge is 2.13. The molecule has 0 saturated heterocycles. The van der Waals surface area contributed by atoms with Crippen LogP contribution in [0.15, 0.2) is 0 Å². The maximum absolute atomic E-state index is 11.3. The van der Waals surface area contributed by atoms with Crippen molar-refractivity contribution >= 4 is 5.91 Å². The summed E-state index contributed by atoms with van der Waals surface area (Å²) >= 11 is 0. The monoisotopic (exact) mass is 202 g/mol. The molecule has 0 aromatic heterocycles. The van der Waals surface area contributed by atoms with E-state index in [2.05, 4.69) is 10.6 Å². The molecule has 0 fully saturated rings. The van der Waals surface area contributed by atoms with Crippen molar-refractivity contribution < 1.29 is 9.90 Å². The summed E-state index contributed by atoms with van der Waals surface area (Å²) in [5.41, 5.74) is 0. The van der Waals surface area contributed by atoms with Gasteiger partial charge in [-0.25, -0.2) is 0 Å². The molecule has 0 spiro atoms. The Morgan fingerprint density at radius 1 is 1.29 bits per heavy atom. The van der Waals surface area contributed by atoms with Gasteiger partial charge in [0.05, 0.1) is 6.54 Å². The van der Waals surface area contributed by atoms with Gasteiger partial charge in [0.1, 0.15) is 0 Å². The van der Waals surface area contributed by atoms with Crippen LogP contribution in [0.1, 0.15) is 27.7 Å². The summed E-state index contributed by atoms with van der Waals surface area (Å²) in [5.74, 6) is 0.0736. The molecule has 0 aliphatic rings. The predicted molar refractivity (Wildman–Crippen MR) is 57.0 cm³/mol. The molecule has 3 N–H and O–H groups in total. The van der Waals surface area contributed by atoms with Crippen LogP contribution in [0, 0.1) is 5.92 Å². The molecule has 2 atom stereocenters. The van der Waals surface area contributed by atoms with Gasteiger partial charge in [0.25, 0.3) is 0 Å². The second-order valence-electron chi connectivity index (χ2n) is 4.05. The maximum atomic E-state index is 11.3. The molecule has 4 nitrogen and oxygen atoms in total. The zero-order chi connectivity index (χ0) is 11.1. The van der Waals surface area contributed by atoms with Gasteiger partial charge in [0, 0.05) is 18.7 Å². The van der Waals surface area contributed by atoms with Crippen molar-refractivity contribution in [2.75, 3.05) is 13.2 Å². The van der Waals surface area contributed by atoms with E-state index < -0.39 is 0 Å². The fourth-order valence-corrected chi connectivity index (χ4v) is 0.902. The molecule has 14 heavy (non-hydrogen) atoms. The largest absolute Gasteiger partial charge is 0.396 e. The summed E-state index contributed by atoms with van der Waals surface area (Å²) in [5, 5.41) is 14.7. The molecule has 0 saturated carbocycles. The fourth-order valence-electron chi connectivity index (χ4n) is 0.902. The minimum atomic E-state index is -0.0218. The first-order chi connectivity index (χ1) is 6.47. The highest BCUT2D eigenvalue weighted by molar-refractivity contribution is 5.78. The molecule has 0 bridgehead atoms. The van der Waals surface area contributed by atoms with Crippen LogP contribution >= 0.6 is 0 Å². The first-order valence-electron chi connectivity index (χ1n) is 5.11. The zero-order valence-electron chi connectivity index (χ0n) is 9.50. The van der Waals surface area contributed by atoms with Crippen LogP contribution in [0.3, 0.4) is 0 Å². The Balaban J connectivity index is 3.71. The first-order valence-corrected chi connectivity index (χ1v) is 5.11. The van der Waals surface area contributed by atoms with Crippen molar-refractivity contribution in [1.82, 2.24) is 10.6 Å². The van der Waals surface area contributed by atoms with Crippen LogP contribution in [0.5, 0.6) is 0 Å². The van der Waals surface area contributed by atoms with Crippen LogP contribution in [0.2, 0.25) is 0 Å². The van der Waals surface area contributed by atoms with E-state index in [1.165, 1.54) is 0 Å². The van der Waals surface area contributed by atoms with Gasteiger partial charge in [0.2, 0.25) is 5.91 Å². The third-order valence-electron chi connectivity index (χ3n) is 2.20. The van der Waals surface area contributed by atoms with Crippen molar-refractivity contribution in [2.24, 2.45) is 5.92 Å². The van der Waals surface area contributed by atoms with Crippen LogP contribution in [-0.2, 0) is 4.79 Å². The number of aliphatic hydroxyl groups is 1. The lowest BCUT2D eigenvalue weighted by atomic mass is 10.1. The van der Waals surface area contributed by atoms with Crippen LogP contribution in [-0.4, -0.2) is 36.2 Å². The van der Waals surface area contributed by atoms with E-state index in [-0.39, 0.29) is 24.5 Å². The normalized spacial score (nSPS) is 15.3. The second kappa shape index (κ2) is 6.79. The number of aliphatic hydroxyl groups excluding tert-OH is 1. The Kier molecular flexibility index (Phi) is 6.49. The van der Waals surface area contributed by atoms with Crippen molar-refractivity contribution in [3.05, 3.63) is 0 Å². The standard InChI is InChI=1S/C10H22N2O2/c1-7(2)11-5-10(14)12-9(4)8(3)6-13/h7-9,11,13H,5-6H2,1-4H3,(H,12,14). The Morgan fingerprint density at radius 2 is 1.86 bits per heavy atom. The number of carbonyl (C=O) groups is 1. The van der Waals surface area contributed by atoms with Gasteiger partial charge in [-0.05, 0) is 12.8 Å². The Labute approximate surface area is 86.1 Å². The van der Waals surface area contributed by atoms with Crippen molar-refractivity contribution in [2.45, 2.75) is 39.8 Å². The summed E-state index contributed by atoms with van der Waals surface area (Å²) in [7, 11) is 0. The fraction of sp³-hybridized carbons (Fsp3) is 0.900. The summed E-state index contributed by atoms with van der Waals surface area (Å²) in [6, 6.07) is 0.327. The lowest BCUT2D eigenvalue weighted by molar-refractivity contribution is -0.121. The number of nitrogens with one attached hydrogen (secondary N) is 2. The average Bonchev–Trinajstić information content (AvgIpc) is 2.13. The van der Waals surface area contributed by atoms with Gasteiger partial charge in [-0.15, -0.1) is 0 Å². The second-order valence-corrected chi connectivity index (χ2v) is 4.05. The van der Waals surface area contributed by atoms with E-state index in [0.29, 0.717) is 12.6 Å². The van der Waals surface area contributed by atoms with E-state index in [1.54, 1.807) is 0 Å². The average molecular weight is 202 g/mol. The van der Waals surface area contributed by atoms with Crippen molar-refractivity contribution in [3.8, 4) is 0 Å². The highest BCUT2D eigenvalue weighted by atomic mass is 16.3. The third-order valence-corrected chi connectivity index (χ3v) is 2.20. The Bertz CT molecular complexity index is 172. The van der Waals surface area contributed by atoms with E-state index >= 15 is 0 Å². The quantitative estimate of drug-likeness (QED) is 0.573. The van der Waals surface area contributed by atoms with Gasteiger partial charge < -0.3 is 15.7 Å². The molecule has 84 valence electrons. The van der Waals surface area contributed by atoms with Crippen molar-refractivity contribution in [3.63, 3.8) is 0 Å². The molecule has 0 heterocycles. The van der Waals surface area contributed by atoms with E-state index in [4.69, 9.17) is 5.11 Å². The topological polar surface area (TPSA) is 61.4 Å². The summed E-state index contributed by atoms with van der Waals surface area (Å²) < 4.78 is 0. The van der Waals surface area contributed by atoms with Crippen LogP contribution in [0.25, 0.3) is 0 Å². The smallest absolute Gasteiger partial charge is 0.234 e. The third kappa shape index (κ3) is 5.94. The molecule has 2 unspecified atom stereocenters. The summed E-state index contributed by atoms with van der Waals surface area (Å²) in [6.45, 7) is 8.22. The molecule has 0 aromatic carbocycles. The van der Waals surface area contributed by atoms with Crippen molar-refractivity contribution in [1.29, 1.82) is 0 Å². The number of hydrogen-bond acceptors (Lipinski definition) is 3. The van der Waals surface area contributed by atoms with Gasteiger partial charge >= 0.3 is 0 Å². The molecular formula is C10H22N2O2. The molecule has 0 rings (SSSR count). The van der Waals surface area contributed by atoms with E-state index in [1.807, 2.05) is 27.7 Å². The minimum absolute atomic E-state index is 0.0152. The van der Waals surface area contributed by atoms with Crippen LogP contribution in [0.4, 0.5) is 0 Å². The molecular weight excluding hydrogens is 180 g/mol. The lowest BCUT2D eigenvalue weighted by Crippen LogP contribution is -2.43. The Hall–Kier alpha value is -0.610. The van der Waals surface area contributed by atoms with Crippen LogP contribution < -0.4 is 10.6 Å². The highest BCUT2D eigenvalue weighted by Crippen LogP contribution is 1.99. The first kappa shape index (κ1) is 13.4. The molecule has 0 aromatic rings. The van der Waals surface area contributed by atoms with E-state index in [9.17, 15) is 4.79 Å². The van der Waals surface area contributed by atoms with Gasteiger partial charge in [0.15, 0.2) is 0 Å². The lowest BCUT2D eigenvalue weighted by Gasteiger charge is -2.19. The predicted octanol–water partition coefficient (Wildman–Crippen LogP) is 0.118. The molecule has 4 heteroatoms. The molecule has 0 radical (unpaired) electrons. The number of hydrogen-bond donors (Lipinski definition) is 3.